The molecule has 0 spiro atoms. The minimum absolute atomic E-state index is 0.0175. The number of hydrogen-bond donors (Lipinski definition) is 2. The van der Waals surface area contributed by atoms with Crippen molar-refractivity contribution in [2.24, 2.45) is 0 Å². The van der Waals surface area contributed by atoms with Crippen molar-refractivity contribution in [2.45, 2.75) is 37.8 Å². The first-order valence-corrected chi connectivity index (χ1v) is 9.46. The van der Waals surface area contributed by atoms with Crippen molar-refractivity contribution < 1.29 is 17.6 Å². The summed E-state index contributed by atoms with van der Waals surface area (Å²) >= 11 is 0. The van der Waals surface area contributed by atoms with Crippen LogP contribution in [0.2, 0.25) is 0 Å². The van der Waals surface area contributed by atoms with Gasteiger partial charge < -0.3 is 5.32 Å². The van der Waals surface area contributed by atoms with E-state index in [-0.39, 0.29) is 29.0 Å². The molecule has 5 nitrogen and oxygen atoms in total. The lowest BCUT2D eigenvalue weighted by atomic mass is 10.2. The van der Waals surface area contributed by atoms with Crippen LogP contribution in [0.5, 0.6) is 0 Å². The predicted molar refractivity (Wildman–Crippen MR) is 94.1 cm³/mol. The lowest BCUT2D eigenvalue weighted by Gasteiger charge is -2.12. The summed E-state index contributed by atoms with van der Waals surface area (Å²) in [7, 11) is -3.79. The van der Waals surface area contributed by atoms with Gasteiger partial charge in [0.05, 0.1) is 4.90 Å². The van der Waals surface area contributed by atoms with Crippen LogP contribution in [0, 0.1) is 5.82 Å². The Hall–Kier alpha value is -2.25. The highest BCUT2D eigenvalue weighted by Gasteiger charge is 2.16. The van der Waals surface area contributed by atoms with E-state index in [9.17, 15) is 17.6 Å². The zero-order valence-corrected chi connectivity index (χ0v) is 14.9. The molecular formula is C18H21FN2O3S. The van der Waals surface area contributed by atoms with Gasteiger partial charge in [-0.15, -0.1) is 0 Å². The summed E-state index contributed by atoms with van der Waals surface area (Å²) in [5.74, 6) is -0.722. The Morgan fingerprint density at radius 3 is 2.36 bits per heavy atom. The number of halogens is 1. The lowest BCUT2D eigenvalue weighted by molar-refractivity contribution is 0.0939. The molecule has 0 fully saturated rings. The van der Waals surface area contributed by atoms with Crippen molar-refractivity contribution in [3.63, 3.8) is 0 Å². The third-order valence-corrected chi connectivity index (χ3v) is 5.24. The van der Waals surface area contributed by atoms with Crippen LogP contribution < -0.4 is 10.0 Å². The number of hydrogen-bond acceptors (Lipinski definition) is 3. The van der Waals surface area contributed by atoms with E-state index >= 15 is 0 Å². The van der Waals surface area contributed by atoms with Crippen LogP contribution in [-0.2, 0) is 16.6 Å². The SMILES string of the molecule is CCC(C)NC(=O)c1ccc(S(=O)(=O)NCc2ccccc2F)cc1. The second-order valence-corrected chi connectivity index (χ2v) is 7.49. The number of amides is 1. The molecule has 7 heteroatoms. The molecule has 2 aromatic rings. The van der Waals surface area contributed by atoms with Gasteiger partial charge in [0.1, 0.15) is 5.82 Å². The molecule has 1 amide bonds. The van der Waals surface area contributed by atoms with Gasteiger partial charge in [-0.2, -0.15) is 0 Å². The second kappa shape index (κ2) is 8.22. The summed E-state index contributed by atoms with van der Waals surface area (Å²) in [6.45, 7) is 3.70. The molecule has 2 N–H and O–H groups in total. The van der Waals surface area contributed by atoms with E-state index in [1.54, 1.807) is 6.07 Å². The Morgan fingerprint density at radius 1 is 1.12 bits per heavy atom. The van der Waals surface area contributed by atoms with E-state index in [0.29, 0.717) is 5.56 Å². The smallest absolute Gasteiger partial charge is 0.251 e. The fourth-order valence-electron chi connectivity index (χ4n) is 2.09. The van der Waals surface area contributed by atoms with Crippen molar-refractivity contribution in [2.75, 3.05) is 0 Å². The molecule has 0 aliphatic rings. The van der Waals surface area contributed by atoms with Crippen molar-refractivity contribution in [1.82, 2.24) is 10.0 Å². The van der Waals surface area contributed by atoms with E-state index < -0.39 is 15.8 Å². The molecule has 2 rings (SSSR count). The maximum atomic E-state index is 13.6. The van der Waals surface area contributed by atoms with Gasteiger partial charge in [-0.05, 0) is 43.7 Å². The zero-order valence-electron chi connectivity index (χ0n) is 14.1. The summed E-state index contributed by atoms with van der Waals surface area (Å²) in [5, 5.41) is 2.81. The highest BCUT2D eigenvalue weighted by molar-refractivity contribution is 7.89. The van der Waals surface area contributed by atoms with Crippen molar-refractivity contribution in [3.8, 4) is 0 Å². The molecule has 0 aromatic heterocycles. The van der Waals surface area contributed by atoms with Gasteiger partial charge in [-0.25, -0.2) is 17.5 Å². The van der Waals surface area contributed by atoms with Crippen molar-refractivity contribution in [3.05, 3.63) is 65.5 Å². The van der Waals surface area contributed by atoms with Gasteiger partial charge in [0, 0.05) is 23.7 Å². The Balaban J connectivity index is 2.07. The molecule has 1 unspecified atom stereocenters. The number of carbonyl (C=O) groups excluding carboxylic acids is 1. The van der Waals surface area contributed by atoms with Crippen LogP contribution in [0.15, 0.2) is 53.4 Å². The molecule has 0 heterocycles. The van der Waals surface area contributed by atoms with Gasteiger partial charge >= 0.3 is 0 Å². The predicted octanol–water partition coefficient (Wildman–Crippen LogP) is 2.83. The lowest BCUT2D eigenvalue weighted by Crippen LogP contribution is -2.32. The average molecular weight is 364 g/mol. The first-order valence-electron chi connectivity index (χ1n) is 7.97. The monoisotopic (exact) mass is 364 g/mol. The van der Waals surface area contributed by atoms with Crippen LogP contribution >= 0.6 is 0 Å². The number of carbonyl (C=O) groups is 1. The number of rotatable bonds is 7. The first-order chi connectivity index (χ1) is 11.8. The molecule has 0 bridgehead atoms. The Kier molecular flexibility index (Phi) is 6.27. The fourth-order valence-corrected chi connectivity index (χ4v) is 3.10. The van der Waals surface area contributed by atoms with E-state index in [0.717, 1.165) is 6.42 Å². The molecule has 0 saturated heterocycles. The van der Waals surface area contributed by atoms with Gasteiger partial charge in [0.2, 0.25) is 10.0 Å². The van der Waals surface area contributed by atoms with Crippen molar-refractivity contribution in [1.29, 1.82) is 0 Å². The third kappa shape index (κ3) is 5.11. The maximum Gasteiger partial charge on any atom is 0.251 e. The maximum absolute atomic E-state index is 13.6. The molecule has 2 aromatic carbocycles. The van der Waals surface area contributed by atoms with Crippen LogP contribution in [-0.4, -0.2) is 20.4 Å². The molecule has 25 heavy (non-hydrogen) atoms. The van der Waals surface area contributed by atoms with E-state index in [1.807, 2.05) is 13.8 Å². The molecule has 0 aliphatic heterocycles. The minimum Gasteiger partial charge on any atom is -0.350 e. The molecule has 0 aliphatic carbocycles. The highest BCUT2D eigenvalue weighted by Crippen LogP contribution is 2.13. The zero-order chi connectivity index (χ0) is 18.4. The van der Waals surface area contributed by atoms with E-state index in [4.69, 9.17) is 0 Å². The van der Waals surface area contributed by atoms with Gasteiger partial charge in [-0.1, -0.05) is 25.1 Å². The third-order valence-electron chi connectivity index (χ3n) is 3.83. The number of nitrogens with one attached hydrogen (secondary N) is 2. The summed E-state index contributed by atoms with van der Waals surface area (Å²) in [4.78, 5) is 12.0. The number of benzene rings is 2. The van der Waals surface area contributed by atoms with E-state index in [1.165, 1.54) is 42.5 Å². The minimum atomic E-state index is -3.79. The molecule has 0 radical (unpaired) electrons. The van der Waals surface area contributed by atoms with Crippen LogP contribution in [0.1, 0.15) is 36.2 Å². The topological polar surface area (TPSA) is 75.3 Å². The first kappa shape index (κ1) is 19.1. The molecule has 134 valence electrons. The van der Waals surface area contributed by atoms with Crippen LogP contribution in [0.25, 0.3) is 0 Å². The molecule has 0 saturated carbocycles. The summed E-state index contributed by atoms with van der Waals surface area (Å²) in [5.41, 5.74) is 0.643. The van der Waals surface area contributed by atoms with Gasteiger partial charge in [-0.3, -0.25) is 4.79 Å². The van der Waals surface area contributed by atoms with Crippen LogP contribution in [0.4, 0.5) is 4.39 Å². The summed E-state index contributed by atoms with van der Waals surface area (Å²) in [6.07, 6.45) is 0.804. The Morgan fingerprint density at radius 2 is 1.76 bits per heavy atom. The summed E-state index contributed by atoms with van der Waals surface area (Å²) < 4.78 is 40.5. The molecule has 1 atom stereocenters. The van der Waals surface area contributed by atoms with Gasteiger partial charge in [0.15, 0.2) is 0 Å². The van der Waals surface area contributed by atoms with Gasteiger partial charge in [0.25, 0.3) is 5.91 Å². The van der Waals surface area contributed by atoms with Crippen molar-refractivity contribution >= 4 is 15.9 Å². The second-order valence-electron chi connectivity index (χ2n) is 5.72. The molecular weight excluding hydrogens is 343 g/mol. The Bertz CT molecular complexity index is 836. The highest BCUT2D eigenvalue weighted by atomic mass is 32.2. The number of sulfonamides is 1. The van der Waals surface area contributed by atoms with Crippen LogP contribution in [0.3, 0.4) is 0 Å². The normalized spacial score (nSPS) is 12.6. The summed E-state index contributed by atoms with van der Waals surface area (Å²) in [6, 6.07) is 11.6. The van der Waals surface area contributed by atoms with E-state index in [2.05, 4.69) is 10.0 Å². The standard InChI is InChI=1S/C18H21FN2O3S/c1-3-13(2)21-18(22)14-8-10-16(11-9-14)25(23,24)20-12-15-6-4-5-7-17(15)19/h4-11,13,20H,3,12H2,1-2H3,(H,21,22). The average Bonchev–Trinajstić information content (AvgIpc) is 2.61. The fraction of sp³-hybridized carbons (Fsp3) is 0.278. The Labute approximate surface area is 147 Å². The quantitative estimate of drug-likeness (QED) is 0.793. The largest absolute Gasteiger partial charge is 0.350 e.